The van der Waals surface area contributed by atoms with Gasteiger partial charge in [-0.2, -0.15) is 0 Å². The Labute approximate surface area is 571 Å². The SMILES string of the molecule is CN(C)CCO.CN(C)CCOc1ccc(N)c(N)c1.CN(C)CCOc1ccc([N+](=O)[O-])c(N)c1.CN(C)CCOc1ccc2c(c1)CC(c1ccc(C3=Nc4ccc(OCCN(C)C)cc4C3)cc1)=N2.COc1ccc(C=O)cc1.Nc1cc(F)ccc1[N+](=O)[O-].[CH3-].[Pd]. The molecule has 518 valence electrons. The molecule has 7 aromatic carbocycles. The smallest absolute Gasteiger partial charge is 0.292 e. The minimum absolute atomic E-state index is 0. The number of nitrogen functional groups attached to an aromatic ring is 4. The number of nitro groups is 2. The van der Waals surface area contributed by atoms with Crippen molar-refractivity contribution in [3.05, 3.63) is 201 Å². The number of aliphatic hydroxyl groups is 1. The van der Waals surface area contributed by atoms with E-state index in [0.29, 0.717) is 49.1 Å². The van der Waals surface area contributed by atoms with Crippen molar-refractivity contribution in [2.24, 2.45) is 9.98 Å². The van der Waals surface area contributed by atoms with E-state index in [1.54, 1.807) is 49.6 Å². The molecule has 2 aliphatic heterocycles. The zero-order valence-corrected chi connectivity index (χ0v) is 58.0. The summed E-state index contributed by atoms with van der Waals surface area (Å²) in [7, 11) is 21.5. The van der Waals surface area contributed by atoms with Crippen molar-refractivity contribution in [1.82, 2.24) is 24.5 Å². The second-order valence-electron chi connectivity index (χ2n) is 22.4. The number of nitrogens with zero attached hydrogens (tertiary/aromatic N) is 9. The van der Waals surface area contributed by atoms with Gasteiger partial charge in [-0.05, 0) is 178 Å². The molecule has 24 nitrogen and oxygen atoms in total. The summed E-state index contributed by atoms with van der Waals surface area (Å²) in [6.07, 6.45) is 2.45. The predicted octanol–water partition coefficient (Wildman–Crippen LogP) is 9.64. The Balaban J connectivity index is 0.000000435. The van der Waals surface area contributed by atoms with Gasteiger partial charge >= 0.3 is 0 Å². The number of fused-ring (bicyclic) bond motifs is 2. The van der Waals surface area contributed by atoms with Crippen LogP contribution in [0.3, 0.4) is 0 Å². The summed E-state index contributed by atoms with van der Waals surface area (Å²) < 4.78 is 39.9. The van der Waals surface area contributed by atoms with Gasteiger partial charge < -0.3 is 83.7 Å². The number of rotatable bonds is 24. The van der Waals surface area contributed by atoms with E-state index in [9.17, 15) is 29.4 Å². The van der Waals surface area contributed by atoms with Gasteiger partial charge in [-0.15, -0.1) is 0 Å². The van der Waals surface area contributed by atoms with Crippen molar-refractivity contribution in [1.29, 1.82) is 0 Å². The van der Waals surface area contributed by atoms with Gasteiger partial charge in [0.15, 0.2) is 0 Å². The number of hydrogen-bond acceptors (Lipinski definition) is 22. The Morgan fingerprint density at radius 1 is 0.484 bits per heavy atom. The van der Waals surface area contributed by atoms with E-state index < -0.39 is 15.7 Å². The number of likely N-dealkylation sites (N-methyl/N-ethyl adjacent to an activating group) is 5. The van der Waals surface area contributed by atoms with Gasteiger partial charge in [-0.1, -0.05) is 24.3 Å². The summed E-state index contributed by atoms with van der Waals surface area (Å²) in [4.78, 5) is 49.6. The Morgan fingerprint density at radius 2 is 0.832 bits per heavy atom. The molecule has 26 heteroatoms. The first-order valence-corrected chi connectivity index (χ1v) is 29.6. The van der Waals surface area contributed by atoms with Crippen LogP contribution in [0.2, 0.25) is 0 Å². The van der Waals surface area contributed by atoms with E-state index in [-0.39, 0.29) is 57.2 Å². The third kappa shape index (κ3) is 30.2. The summed E-state index contributed by atoms with van der Waals surface area (Å²) >= 11 is 0. The first-order valence-electron chi connectivity index (χ1n) is 29.6. The maximum absolute atomic E-state index is 12.3. The van der Waals surface area contributed by atoms with Crippen LogP contribution in [0.1, 0.15) is 32.6 Å². The monoisotopic (exact) mass is 1400 g/mol. The van der Waals surface area contributed by atoms with Gasteiger partial charge in [0.05, 0.1) is 57.7 Å². The first kappa shape index (κ1) is 82.0. The molecule has 0 amide bonds. The Morgan fingerprint density at radius 3 is 1.16 bits per heavy atom. The van der Waals surface area contributed by atoms with Crippen LogP contribution in [0.25, 0.3) is 0 Å². The number of aliphatic imine (C=N–C) groups is 2. The molecule has 2 aliphatic rings. The number of ether oxygens (including phenoxy) is 5. The Bertz CT molecular complexity index is 3440. The summed E-state index contributed by atoms with van der Waals surface area (Å²) in [5, 5.41) is 28.8. The van der Waals surface area contributed by atoms with E-state index in [1.807, 2.05) is 70.3 Å². The summed E-state index contributed by atoms with van der Waals surface area (Å²) in [6.45, 7) is 6.99. The third-order valence-corrected chi connectivity index (χ3v) is 13.3. The van der Waals surface area contributed by atoms with Crippen LogP contribution in [-0.2, 0) is 33.3 Å². The van der Waals surface area contributed by atoms with Gasteiger partial charge in [0.25, 0.3) is 11.4 Å². The molecule has 0 fully saturated rings. The number of anilines is 4. The van der Waals surface area contributed by atoms with Crippen LogP contribution in [0.4, 0.5) is 49.9 Å². The Hall–Kier alpha value is -9.10. The minimum Gasteiger partial charge on any atom is -0.497 e. The first-order chi connectivity index (χ1) is 44.3. The van der Waals surface area contributed by atoms with Crippen LogP contribution in [0.15, 0.2) is 150 Å². The molecular weight excluding hydrogens is 1310 g/mol. The molecule has 0 saturated heterocycles. The zero-order valence-electron chi connectivity index (χ0n) is 56.4. The molecular formula is C69H93FN13O11Pd-. The predicted molar refractivity (Wildman–Crippen MR) is 376 cm³/mol. The third-order valence-electron chi connectivity index (χ3n) is 13.3. The number of aliphatic hydroxyl groups excluding tert-OH is 1. The average molecular weight is 1410 g/mol. The number of benzene rings is 7. The van der Waals surface area contributed by atoms with Crippen molar-refractivity contribution in [3.8, 4) is 28.7 Å². The molecule has 0 saturated carbocycles. The van der Waals surface area contributed by atoms with Crippen molar-refractivity contribution in [2.45, 2.75) is 12.8 Å². The van der Waals surface area contributed by atoms with E-state index in [2.05, 4.69) is 91.4 Å². The summed E-state index contributed by atoms with van der Waals surface area (Å²) in [5.41, 5.74) is 32.3. The van der Waals surface area contributed by atoms with Gasteiger partial charge in [-0.3, -0.25) is 35.0 Å². The van der Waals surface area contributed by atoms with E-state index in [1.165, 1.54) is 23.3 Å². The number of methoxy groups -OCH3 is 1. The second-order valence-corrected chi connectivity index (χ2v) is 22.4. The van der Waals surface area contributed by atoms with Crippen molar-refractivity contribution >= 4 is 63.2 Å². The minimum atomic E-state index is -0.658. The van der Waals surface area contributed by atoms with Crippen molar-refractivity contribution in [3.63, 3.8) is 0 Å². The maximum atomic E-state index is 12.3. The van der Waals surface area contributed by atoms with Crippen molar-refractivity contribution < 1.29 is 68.2 Å². The number of nitro benzene ring substituents is 2. The van der Waals surface area contributed by atoms with E-state index >= 15 is 0 Å². The molecule has 0 radical (unpaired) electrons. The zero-order chi connectivity index (χ0) is 68.6. The fourth-order valence-corrected chi connectivity index (χ4v) is 8.11. The number of nitrogens with two attached hydrogens (primary N) is 4. The van der Waals surface area contributed by atoms with Crippen LogP contribution in [0, 0.1) is 33.5 Å². The molecule has 0 bridgehead atoms. The molecule has 0 aliphatic carbocycles. The quantitative estimate of drug-likeness (QED) is 0.00938. The molecule has 2 heterocycles. The number of hydrogen-bond donors (Lipinski definition) is 5. The number of carbonyl (C=O) groups is 1. The standard InChI is InChI=1S/C30H34N4O2.C10H15N3O3.C10H17N3O.C8H8O2.C6H5FN2O2.C4H11NO.CH3.Pd/c1-33(2)13-15-35-25-9-11-27-23(17-25)19-29(31-27)21-5-7-22(8-6-21)30-20-24-18-26(10-12-28(24)32-30)36-16-14-34(3)4;1-12(2)5-6-16-8-3-4-10(13(14)15)9(11)7-8;1-13(2)5-6-14-8-3-4-9(11)10(12)7-8;1-10-8-4-2-7(6-9)3-5-8;7-4-1-2-6(9(10)11)5(8)3-4;1-5(2)3-4-6;;/h5-12,17-18H,13-16,19-20H2,1-4H3;3-4,7H,5-6,11H2,1-2H3;3-4,7H,5-6,11-12H2,1-2H3;2-6H,1H3;1-3H,8H2;6H,3-4H2,1-2H3;1H3;/q;;;;;;-1;. The molecule has 0 aromatic heterocycles. The fraction of sp³-hybridized carbons (Fsp3) is 0.333. The van der Waals surface area contributed by atoms with E-state index in [4.69, 9.17) is 61.7 Å². The molecule has 95 heavy (non-hydrogen) atoms. The van der Waals surface area contributed by atoms with Gasteiger partial charge in [0.1, 0.15) is 78.7 Å². The second kappa shape index (κ2) is 43.0. The molecule has 0 atom stereocenters. The molecule has 9 N–H and O–H groups in total. The topological polar surface area (TPSA) is 315 Å². The fourth-order valence-electron chi connectivity index (χ4n) is 8.11. The van der Waals surface area contributed by atoms with Crippen LogP contribution in [-0.4, -0.2) is 201 Å². The summed E-state index contributed by atoms with van der Waals surface area (Å²) in [6, 6.07) is 40.6. The van der Waals surface area contributed by atoms with E-state index in [0.717, 1.165) is 127 Å². The van der Waals surface area contributed by atoms with Gasteiger partial charge in [0, 0.05) is 102 Å². The Kier molecular flexibility index (Phi) is 37.1. The largest absolute Gasteiger partial charge is 0.497 e. The molecule has 9 rings (SSSR count). The normalized spacial score (nSPS) is 11.3. The van der Waals surface area contributed by atoms with Crippen LogP contribution >= 0.6 is 0 Å². The number of carbonyl (C=O) groups excluding carboxylic acids is 1. The van der Waals surface area contributed by atoms with Gasteiger partial charge in [0.2, 0.25) is 0 Å². The molecule has 0 unspecified atom stereocenters. The number of aldehydes is 1. The number of halogens is 1. The molecule has 0 spiro atoms. The summed E-state index contributed by atoms with van der Waals surface area (Å²) in [5.74, 6) is 3.32. The average Bonchev–Trinajstić information content (AvgIpc) is 1.67. The van der Waals surface area contributed by atoms with Crippen molar-refractivity contribution in [2.75, 3.05) is 166 Å². The van der Waals surface area contributed by atoms with Crippen LogP contribution in [0.5, 0.6) is 28.7 Å². The van der Waals surface area contributed by atoms with Gasteiger partial charge in [-0.25, -0.2) is 4.39 Å². The molecule has 7 aromatic rings. The maximum Gasteiger partial charge on any atom is 0.292 e. The van der Waals surface area contributed by atoms with Crippen LogP contribution < -0.4 is 46.6 Å².